The highest BCUT2D eigenvalue weighted by molar-refractivity contribution is 14.0. The van der Waals surface area contributed by atoms with E-state index in [0.29, 0.717) is 26.2 Å². The van der Waals surface area contributed by atoms with E-state index in [1.165, 1.54) is 5.56 Å². The molecule has 3 heterocycles. The van der Waals surface area contributed by atoms with E-state index in [2.05, 4.69) is 38.6 Å². The Labute approximate surface area is 200 Å². The van der Waals surface area contributed by atoms with Crippen LogP contribution in [0.3, 0.4) is 0 Å². The van der Waals surface area contributed by atoms with Gasteiger partial charge in [-0.1, -0.05) is 30.3 Å². The summed E-state index contributed by atoms with van der Waals surface area (Å²) in [4.78, 5) is 21.1. The second kappa shape index (κ2) is 9.88. The molecule has 1 amide bonds. The number of aromatic nitrogens is 2. The molecule has 1 saturated heterocycles. The number of carbonyl (C=O) groups excluding carboxylic acids is 1. The molecule has 168 valence electrons. The lowest BCUT2D eigenvalue weighted by Gasteiger charge is -2.39. The fourth-order valence-corrected chi connectivity index (χ4v) is 3.76. The topological polar surface area (TPSA) is 75.0 Å². The number of nitrogens with zero attached hydrogens (tertiary/aromatic N) is 5. The van der Waals surface area contributed by atoms with Gasteiger partial charge in [0.05, 0.1) is 25.3 Å². The number of halogens is 1. The molecule has 0 saturated carbocycles. The summed E-state index contributed by atoms with van der Waals surface area (Å²) >= 11 is 0. The summed E-state index contributed by atoms with van der Waals surface area (Å²) in [5, 5.41) is 7.91. The van der Waals surface area contributed by atoms with E-state index in [0.717, 1.165) is 24.6 Å². The van der Waals surface area contributed by atoms with Crippen LogP contribution in [0.25, 0.3) is 0 Å². The molecule has 1 N–H and O–H groups in total. The van der Waals surface area contributed by atoms with Crippen LogP contribution in [0.15, 0.2) is 47.7 Å². The van der Waals surface area contributed by atoms with Crippen molar-refractivity contribution in [2.45, 2.75) is 45.5 Å². The van der Waals surface area contributed by atoms with Gasteiger partial charge in [0.15, 0.2) is 5.96 Å². The summed E-state index contributed by atoms with van der Waals surface area (Å²) < 4.78 is 7.46. The number of hydrogen-bond donors (Lipinski definition) is 1. The van der Waals surface area contributed by atoms with Crippen molar-refractivity contribution in [1.82, 2.24) is 24.9 Å². The predicted molar refractivity (Wildman–Crippen MR) is 131 cm³/mol. The smallest absolute Gasteiger partial charge is 0.410 e. The maximum Gasteiger partial charge on any atom is 0.410 e. The van der Waals surface area contributed by atoms with Crippen molar-refractivity contribution in [3.05, 3.63) is 53.9 Å². The van der Waals surface area contributed by atoms with Gasteiger partial charge in [-0.3, -0.25) is 9.67 Å². The Balaban J connectivity index is 0.00000272. The quantitative estimate of drug-likeness (QED) is 0.607. The van der Waals surface area contributed by atoms with E-state index >= 15 is 0 Å². The van der Waals surface area contributed by atoms with Crippen molar-refractivity contribution in [2.75, 3.05) is 26.2 Å². The zero-order valence-electron chi connectivity index (χ0n) is 18.3. The normalized spacial score (nSPS) is 18.2. The van der Waals surface area contributed by atoms with Crippen LogP contribution in [0.5, 0.6) is 0 Å². The highest BCUT2D eigenvalue weighted by atomic mass is 127. The van der Waals surface area contributed by atoms with Gasteiger partial charge in [-0.15, -0.1) is 24.0 Å². The Bertz CT molecular complexity index is 908. The van der Waals surface area contributed by atoms with E-state index in [-0.39, 0.29) is 36.1 Å². The van der Waals surface area contributed by atoms with Crippen molar-refractivity contribution in [3.8, 4) is 0 Å². The monoisotopic (exact) mass is 538 g/mol. The van der Waals surface area contributed by atoms with Crippen molar-refractivity contribution >= 4 is 36.0 Å². The largest absolute Gasteiger partial charge is 0.444 e. The molecule has 8 nitrogen and oxygen atoms in total. The van der Waals surface area contributed by atoms with Gasteiger partial charge >= 0.3 is 6.09 Å². The van der Waals surface area contributed by atoms with E-state index < -0.39 is 5.60 Å². The number of aliphatic imine (C=N–C) groups is 1. The van der Waals surface area contributed by atoms with Crippen LogP contribution in [-0.4, -0.2) is 69.5 Å². The molecule has 1 fully saturated rings. The number of guanidine groups is 1. The Morgan fingerprint density at radius 3 is 2.71 bits per heavy atom. The molecule has 31 heavy (non-hydrogen) atoms. The summed E-state index contributed by atoms with van der Waals surface area (Å²) in [7, 11) is 0. The van der Waals surface area contributed by atoms with Gasteiger partial charge in [0.2, 0.25) is 0 Å². The number of amides is 1. The van der Waals surface area contributed by atoms with Gasteiger partial charge in [0.25, 0.3) is 0 Å². The van der Waals surface area contributed by atoms with Crippen molar-refractivity contribution < 1.29 is 9.53 Å². The third-order valence-corrected chi connectivity index (χ3v) is 5.18. The Hall–Kier alpha value is -2.30. The standard InChI is InChI=1S/C22H30N6O2.HI/c1-22(2,3)30-21(29)26-9-10-28-19(16-26)13-24-20(28)23-11-18-12-25-27(15-18)14-17-7-5-4-6-8-17;/h4-8,12,15,19H,9-11,13-14,16H2,1-3H3,(H,23,24);1H. The molecule has 0 bridgehead atoms. The number of carbonyl (C=O) groups is 1. The fraction of sp³-hybridized carbons (Fsp3) is 0.500. The highest BCUT2D eigenvalue weighted by Gasteiger charge is 2.36. The molecule has 1 atom stereocenters. The van der Waals surface area contributed by atoms with Gasteiger partial charge < -0.3 is 19.9 Å². The van der Waals surface area contributed by atoms with E-state index in [9.17, 15) is 4.79 Å². The number of benzene rings is 1. The number of piperazine rings is 1. The summed E-state index contributed by atoms with van der Waals surface area (Å²) in [6.07, 6.45) is 3.71. The minimum atomic E-state index is -0.474. The van der Waals surface area contributed by atoms with Crippen LogP contribution in [0, 0.1) is 0 Å². The maximum atomic E-state index is 12.4. The molecule has 0 aliphatic carbocycles. The summed E-state index contributed by atoms with van der Waals surface area (Å²) in [5.74, 6) is 0.902. The van der Waals surface area contributed by atoms with Crippen LogP contribution in [0.2, 0.25) is 0 Å². The first-order valence-corrected chi connectivity index (χ1v) is 10.5. The van der Waals surface area contributed by atoms with E-state index in [4.69, 9.17) is 4.74 Å². The molecular weight excluding hydrogens is 507 g/mol. The molecule has 0 spiro atoms. The summed E-state index contributed by atoms with van der Waals surface area (Å²) in [6, 6.07) is 10.5. The SMILES string of the molecule is CC(C)(C)OC(=O)N1CCN2C(NCc3cnn(Cc4ccccc4)c3)=NCC2C1.I. The van der Waals surface area contributed by atoms with Gasteiger partial charge in [-0.2, -0.15) is 5.10 Å². The van der Waals surface area contributed by atoms with Crippen LogP contribution in [0.1, 0.15) is 31.9 Å². The predicted octanol–water partition coefficient (Wildman–Crippen LogP) is 2.93. The van der Waals surface area contributed by atoms with Crippen molar-refractivity contribution in [3.63, 3.8) is 0 Å². The lowest BCUT2D eigenvalue weighted by molar-refractivity contribution is 0.0137. The van der Waals surface area contributed by atoms with E-state index in [1.54, 1.807) is 4.90 Å². The lowest BCUT2D eigenvalue weighted by Crippen LogP contribution is -2.57. The number of nitrogens with one attached hydrogen (secondary N) is 1. The molecule has 2 aliphatic rings. The first-order chi connectivity index (χ1) is 14.4. The number of rotatable bonds is 4. The lowest BCUT2D eigenvalue weighted by atomic mass is 10.2. The van der Waals surface area contributed by atoms with Gasteiger partial charge in [0, 0.05) is 37.9 Å². The minimum absolute atomic E-state index is 0. The molecule has 1 aromatic carbocycles. The summed E-state index contributed by atoms with van der Waals surface area (Å²) in [6.45, 7) is 9.83. The number of ether oxygens (including phenoxy) is 1. The van der Waals surface area contributed by atoms with Crippen LogP contribution >= 0.6 is 24.0 Å². The van der Waals surface area contributed by atoms with Crippen LogP contribution in [0.4, 0.5) is 4.79 Å². The first kappa shape index (κ1) is 23.4. The van der Waals surface area contributed by atoms with E-state index in [1.807, 2.05) is 49.8 Å². The molecule has 0 radical (unpaired) electrons. The first-order valence-electron chi connectivity index (χ1n) is 10.5. The minimum Gasteiger partial charge on any atom is -0.444 e. The molecule has 2 aromatic rings. The Kier molecular flexibility index (Phi) is 7.45. The van der Waals surface area contributed by atoms with Crippen LogP contribution in [-0.2, 0) is 17.8 Å². The average Bonchev–Trinajstić information content (AvgIpc) is 3.32. The van der Waals surface area contributed by atoms with Crippen molar-refractivity contribution in [1.29, 1.82) is 0 Å². The number of hydrogen-bond acceptors (Lipinski definition) is 6. The van der Waals surface area contributed by atoms with Gasteiger partial charge in [-0.05, 0) is 26.3 Å². The average molecular weight is 538 g/mol. The third kappa shape index (κ3) is 6.11. The molecule has 2 aliphatic heterocycles. The molecule has 1 aromatic heterocycles. The second-order valence-electron chi connectivity index (χ2n) is 8.82. The zero-order valence-corrected chi connectivity index (χ0v) is 20.7. The second-order valence-corrected chi connectivity index (χ2v) is 8.82. The Morgan fingerprint density at radius 1 is 1.19 bits per heavy atom. The van der Waals surface area contributed by atoms with Crippen molar-refractivity contribution in [2.24, 2.45) is 4.99 Å². The Morgan fingerprint density at radius 2 is 1.97 bits per heavy atom. The maximum absolute atomic E-state index is 12.4. The van der Waals surface area contributed by atoms with Gasteiger partial charge in [-0.25, -0.2) is 4.79 Å². The highest BCUT2D eigenvalue weighted by Crippen LogP contribution is 2.19. The van der Waals surface area contributed by atoms with Crippen LogP contribution < -0.4 is 5.32 Å². The molecule has 4 rings (SSSR count). The third-order valence-electron chi connectivity index (χ3n) is 5.18. The fourth-order valence-electron chi connectivity index (χ4n) is 3.76. The zero-order chi connectivity index (χ0) is 21.1. The molecule has 9 heteroatoms. The molecule has 1 unspecified atom stereocenters. The molecular formula is C22H31IN6O2. The number of fused-ring (bicyclic) bond motifs is 1. The summed E-state index contributed by atoms with van der Waals surface area (Å²) in [5.41, 5.74) is 1.87. The van der Waals surface area contributed by atoms with Gasteiger partial charge in [0.1, 0.15) is 5.60 Å².